The van der Waals surface area contributed by atoms with Gasteiger partial charge in [0.05, 0.1) is 13.2 Å². The minimum Gasteiger partial charge on any atom is -0.507 e. The van der Waals surface area contributed by atoms with E-state index in [0.717, 1.165) is 33.6 Å². The molecule has 0 saturated heterocycles. The van der Waals surface area contributed by atoms with Crippen LogP contribution in [-0.4, -0.2) is 46.4 Å². The van der Waals surface area contributed by atoms with Gasteiger partial charge in [-0.2, -0.15) is 5.10 Å². The number of methoxy groups -OCH3 is 1. The van der Waals surface area contributed by atoms with Crippen molar-refractivity contribution in [3.05, 3.63) is 107 Å². The van der Waals surface area contributed by atoms with Crippen LogP contribution in [0.2, 0.25) is 0 Å². The minimum atomic E-state index is -0.406. The van der Waals surface area contributed by atoms with Gasteiger partial charge < -0.3 is 19.5 Å². The lowest BCUT2D eigenvalue weighted by Gasteiger charge is -2.27. The molecule has 0 saturated carbocycles. The van der Waals surface area contributed by atoms with Gasteiger partial charge in [-0.1, -0.05) is 43.0 Å². The van der Waals surface area contributed by atoms with Gasteiger partial charge in [0.25, 0.3) is 5.91 Å². The Balaban J connectivity index is 1.58. The molecule has 2 heterocycles. The first-order valence-corrected chi connectivity index (χ1v) is 12.6. The summed E-state index contributed by atoms with van der Waals surface area (Å²) in [7, 11) is 1.64. The van der Waals surface area contributed by atoms with E-state index in [2.05, 4.69) is 16.8 Å². The molecule has 0 radical (unpaired) electrons. The number of ether oxygens (including phenoxy) is 2. The summed E-state index contributed by atoms with van der Waals surface area (Å²) in [6, 6.07) is 19.1. The highest BCUT2D eigenvalue weighted by Gasteiger charge is 2.42. The minimum absolute atomic E-state index is 0.126. The van der Waals surface area contributed by atoms with Gasteiger partial charge in [-0.3, -0.25) is 9.89 Å². The third-order valence-corrected chi connectivity index (χ3v) is 6.91. The number of carbonyl (C=O) groups excluding carboxylic acids is 1. The van der Waals surface area contributed by atoms with Crippen molar-refractivity contribution < 1.29 is 19.4 Å². The Kier molecular flexibility index (Phi) is 6.92. The average molecular weight is 510 g/mol. The van der Waals surface area contributed by atoms with Crippen LogP contribution in [0.1, 0.15) is 44.3 Å². The third-order valence-electron chi connectivity index (χ3n) is 6.91. The predicted molar refractivity (Wildman–Crippen MR) is 147 cm³/mol. The van der Waals surface area contributed by atoms with Crippen LogP contribution in [0.3, 0.4) is 0 Å². The Morgan fingerprint density at radius 1 is 1.11 bits per heavy atom. The number of phenolic OH excluding ortho intramolecular Hbond substituents is 1. The van der Waals surface area contributed by atoms with Crippen molar-refractivity contribution in [2.45, 2.75) is 26.3 Å². The van der Waals surface area contributed by atoms with Gasteiger partial charge in [0.1, 0.15) is 35.2 Å². The topological polar surface area (TPSA) is 87.7 Å². The van der Waals surface area contributed by atoms with Crippen molar-refractivity contribution in [2.75, 3.05) is 20.3 Å². The van der Waals surface area contributed by atoms with Gasteiger partial charge in [-0.25, -0.2) is 0 Å². The van der Waals surface area contributed by atoms with Crippen molar-refractivity contribution in [2.24, 2.45) is 0 Å². The largest absolute Gasteiger partial charge is 0.507 e. The van der Waals surface area contributed by atoms with E-state index >= 15 is 0 Å². The molecule has 1 aromatic heterocycles. The van der Waals surface area contributed by atoms with Crippen LogP contribution in [0, 0.1) is 13.8 Å². The predicted octanol–water partition coefficient (Wildman–Crippen LogP) is 5.76. The second-order valence-corrected chi connectivity index (χ2v) is 9.51. The van der Waals surface area contributed by atoms with E-state index in [1.807, 2.05) is 79.4 Å². The van der Waals surface area contributed by atoms with E-state index in [-0.39, 0.29) is 11.7 Å². The molecule has 2 N–H and O–H groups in total. The highest BCUT2D eigenvalue weighted by molar-refractivity contribution is 6.00. The van der Waals surface area contributed by atoms with E-state index in [0.29, 0.717) is 42.3 Å². The van der Waals surface area contributed by atoms with Crippen molar-refractivity contribution in [3.8, 4) is 28.5 Å². The Morgan fingerprint density at radius 2 is 1.89 bits per heavy atom. The molecular weight excluding hydrogens is 478 g/mol. The zero-order valence-electron chi connectivity index (χ0n) is 21.8. The first kappa shape index (κ1) is 25.1. The maximum absolute atomic E-state index is 13.8. The number of benzene rings is 3. The number of aromatic amines is 1. The maximum Gasteiger partial charge on any atom is 0.273 e. The van der Waals surface area contributed by atoms with Gasteiger partial charge in [0, 0.05) is 17.7 Å². The molecule has 3 aromatic carbocycles. The highest BCUT2D eigenvalue weighted by Crippen LogP contribution is 2.45. The Hall–Kier alpha value is -4.52. The number of nitrogens with zero attached hydrogens (tertiary/aromatic N) is 2. The Labute approximate surface area is 222 Å². The Morgan fingerprint density at radius 3 is 2.63 bits per heavy atom. The van der Waals surface area contributed by atoms with Crippen LogP contribution >= 0.6 is 0 Å². The van der Waals surface area contributed by atoms with Crippen LogP contribution in [0.25, 0.3) is 11.3 Å². The second-order valence-electron chi connectivity index (χ2n) is 9.51. The van der Waals surface area contributed by atoms with Crippen LogP contribution in [0.4, 0.5) is 0 Å². The summed E-state index contributed by atoms with van der Waals surface area (Å²) in [5.74, 6) is 1.52. The van der Waals surface area contributed by atoms with Crippen molar-refractivity contribution in [3.63, 3.8) is 0 Å². The molecule has 38 heavy (non-hydrogen) atoms. The van der Waals surface area contributed by atoms with Crippen molar-refractivity contribution in [1.82, 2.24) is 15.1 Å². The summed E-state index contributed by atoms with van der Waals surface area (Å²) in [6.07, 6.45) is 2.36. The summed E-state index contributed by atoms with van der Waals surface area (Å²) in [5.41, 5.74) is 6.14. The number of aryl methyl sites for hydroxylation is 2. The number of aromatic hydroxyl groups is 1. The quantitative estimate of drug-likeness (QED) is 0.280. The third kappa shape index (κ3) is 4.63. The van der Waals surface area contributed by atoms with E-state index in [9.17, 15) is 9.90 Å². The molecule has 194 valence electrons. The number of aromatic nitrogens is 2. The lowest BCUT2D eigenvalue weighted by molar-refractivity contribution is 0.0745. The lowest BCUT2D eigenvalue weighted by atomic mass is 9.94. The van der Waals surface area contributed by atoms with Gasteiger partial charge >= 0.3 is 0 Å². The number of hydrogen-bond acceptors (Lipinski definition) is 5. The van der Waals surface area contributed by atoms with E-state index in [1.165, 1.54) is 0 Å². The van der Waals surface area contributed by atoms with Gasteiger partial charge in [0.15, 0.2) is 0 Å². The summed E-state index contributed by atoms with van der Waals surface area (Å²) in [4.78, 5) is 15.6. The number of phenols is 1. The summed E-state index contributed by atoms with van der Waals surface area (Å²) in [5, 5.41) is 18.5. The smallest absolute Gasteiger partial charge is 0.273 e. The molecule has 0 fully saturated rings. The number of hydrogen-bond donors (Lipinski definition) is 2. The van der Waals surface area contributed by atoms with E-state index < -0.39 is 6.04 Å². The lowest BCUT2D eigenvalue weighted by Crippen LogP contribution is -2.31. The SMILES string of the molecule is C=CCOc1cccc(C2c3c(-c4cc(C)cc(C)c4O)n[nH]c3C(=O)N2CCc2ccc(OC)cc2)c1. The highest BCUT2D eigenvalue weighted by atomic mass is 16.5. The van der Waals surface area contributed by atoms with Gasteiger partial charge in [-0.15, -0.1) is 0 Å². The fraction of sp³-hybridized carbons (Fsp3) is 0.226. The molecule has 7 heteroatoms. The van der Waals surface area contributed by atoms with Crippen LogP contribution < -0.4 is 9.47 Å². The van der Waals surface area contributed by atoms with Crippen molar-refractivity contribution in [1.29, 1.82) is 0 Å². The molecule has 5 rings (SSSR count). The molecule has 0 spiro atoms. The molecule has 1 unspecified atom stereocenters. The first-order chi connectivity index (χ1) is 18.4. The zero-order valence-corrected chi connectivity index (χ0v) is 21.8. The number of carbonyl (C=O) groups is 1. The molecule has 0 aliphatic carbocycles. The molecule has 4 aromatic rings. The first-order valence-electron chi connectivity index (χ1n) is 12.6. The molecule has 1 aliphatic heterocycles. The summed E-state index contributed by atoms with van der Waals surface area (Å²) < 4.78 is 11.1. The van der Waals surface area contributed by atoms with Crippen LogP contribution in [0.5, 0.6) is 17.2 Å². The standard InChI is InChI=1S/C31H31N3O4/c1-5-15-38-24-8-6-7-22(18-24)29-26-27(25-17-19(2)16-20(3)30(25)35)32-33-28(26)31(36)34(29)14-13-21-9-11-23(37-4)12-10-21/h5-12,16-18,29,35H,1,13-15H2,2-4H3,(H,32,33). The van der Waals surface area contributed by atoms with Gasteiger partial charge in [0.2, 0.25) is 0 Å². The molecule has 1 aliphatic rings. The fourth-order valence-electron chi connectivity index (χ4n) is 5.09. The molecule has 7 nitrogen and oxygen atoms in total. The molecule has 1 atom stereocenters. The monoisotopic (exact) mass is 509 g/mol. The molecular formula is C31H31N3O4. The number of amides is 1. The normalized spacial score (nSPS) is 14.4. The van der Waals surface area contributed by atoms with E-state index in [1.54, 1.807) is 13.2 Å². The Bertz CT molecular complexity index is 1490. The van der Waals surface area contributed by atoms with Crippen molar-refractivity contribution >= 4 is 5.91 Å². The van der Waals surface area contributed by atoms with Crippen LogP contribution in [-0.2, 0) is 6.42 Å². The van der Waals surface area contributed by atoms with E-state index in [4.69, 9.17) is 9.47 Å². The van der Waals surface area contributed by atoms with Gasteiger partial charge in [-0.05, 0) is 72.9 Å². The number of fused-ring (bicyclic) bond motifs is 1. The molecule has 1 amide bonds. The zero-order chi connectivity index (χ0) is 26.8. The summed E-state index contributed by atoms with van der Waals surface area (Å²) >= 11 is 0. The van der Waals surface area contributed by atoms with Crippen LogP contribution in [0.15, 0.2) is 73.3 Å². The average Bonchev–Trinajstić information content (AvgIpc) is 3.47. The molecule has 0 bridgehead atoms. The number of rotatable bonds is 9. The fourth-order valence-corrected chi connectivity index (χ4v) is 5.09. The number of H-pyrrole nitrogens is 1. The maximum atomic E-state index is 13.8. The number of nitrogens with one attached hydrogen (secondary N) is 1. The summed E-state index contributed by atoms with van der Waals surface area (Å²) in [6.45, 7) is 8.45. The second kappa shape index (κ2) is 10.5.